The molecular formula is C12H23N3O3. The summed E-state index contributed by atoms with van der Waals surface area (Å²) in [5.74, 6) is -0.333. The monoisotopic (exact) mass is 257 g/mol. The Hall–Kier alpha value is -1.14. The highest BCUT2D eigenvalue weighted by atomic mass is 16.5. The molecule has 1 unspecified atom stereocenters. The molecule has 0 aliphatic carbocycles. The number of amides is 2. The largest absolute Gasteiger partial charge is 0.379 e. The Morgan fingerprint density at radius 1 is 1.39 bits per heavy atom. The highest BCUT2D eigenvalue weighted by molar-refractivity contribution is 5.87. The fraction of sp³-hybridized carbons (Fsp3) is 0.833. The number of rotatable bonds is 4. The van der Waals surface area contributed by atoms with E-state index in [4.69, 9.17) is 10.5 Å². The van der Waals surface area contributed by atoms with Gasteiger partial charge in [-0.25, -0.2) is 0 Å². The van der Waals surface area contributed by atoms with Gasteiger partial charge in [-0.05, 0) is 27.2 Å². The van der Waals surface area contributed by atoms with Crippen molar-refractivity contribution < 1.29 is 14.3 Å². The topological polar surface area (TPSA) is 93.5 Å². The fourth-order valence-electron chi connectivity index (χ4n) is 1.71. The van der Waals surface area contributed by atoms with Gasteiger partial charge in [0, 0.05) is 25.1 Å². The van der Waals surface area contributed by atoms with E-state index in [1.807, 2.05) is 20.8 Å². The Kier molecular flexibility index (Phi) is 4.70. The molecule has 1 aliphatic heterocycles. The minimum Gasteiger partial charge on any atom is -0.379 e. The first-order valence-electron chi connectivity index (χ1n) is 6.19. The van der Waals surface area contributed by atoms with Crippen molar-refractivity contribution >= 4 is 11.8 Å². The lowest BCUT2D eigenvalue weighted by molar-refractivity contribution is -0.126. The summed E-state index contributed by atoms with van der Waals surface area (Å²) in [7, 11) is 0. The second-order valence-electron chi connectivity index (χ2n) is 5.76. The first-order chi connectivity index (χ1) is 8.23. The molecule has 0 aromatic rings. The van der Waals surface area contributed by atoms with E-state index in [-0.39, 0.29) is 30.4 Å². The van der Waals surface area contributed by atoms with Crippen molar-refractivity contribution in [3.05, 3.63) is 0 Å². The highest BCUT2D eigenvalue weighted by Crippen LogP contribution is 2.15. The van der Waals surface area contributed by atoms with Crippen LogP contribution in [-0.2, 0) is 14.3 Å². The van der Waals surface area contributed by atoms with Gasteiger partial charge in [0.05, 0.1) is 6.61 Å². The fourth-order valence-corrected chi connectivity index (χ4v) is 1.71. The van der Waals surface area contributed by atoms with Gasteiger partial charge in [0.25, 0.3) is 0 Å². The van der Waals surface area contributed by atoms with Crippen molar-refractivity contribution in [3.8, 4) is 0 Å². The standard InChI is InChI=1S/C12H23N3O3/c1-11(2,3)15-9(16)4-6-14-10(17)12(13)5-7-18-8-12/h4-8,13H2,1-3H3,(H,14,17)(H,15,16). The Bertz CT molecular complexity index is 317. The van der Waals surface area contributed by atoms with Crippen LogP contribution in [0, 0.1) is 0 Å². The summed E-state index contributed by atoms with van der Waals surface area (Å²) < 4.78 is 5.11. The zero-order valence-corrected chi connectivity index (χ0v) is 11.3. The van der Waals surface area contributed by atoms with Crippen molar-refractivity contribution in [1.29, 1.82) is 0 Å². The SMILES string of the molecule is CC(C)(C)NC(=O)CCNC(=O)C1(N)CCOC1. The quantitative estimate of drug-likeness (QED) is 0.634. The van der Waals surface area contributed by atoms with E-state index >= 15 is 0 Å². The smallest absolute Gasteiger partial charge is 0.242 e. The molecule has 4 N–H and O–H groups in total. The first-order valence-corrected chi connectivity index (χ1v) is 6.19. The predicted molar refractivity (Wildman–Crippen MR) is 67.9 cm³/mol. The van der Waals surface area contributed by atoms with Gasteiger partial charge in [0.15, 0.2) is 0 Å². The number of carbonyl (C=O) groups excluding carboxylic acids is 2. The second kappa shape index (κ2) is 5.67. The van der Waals surface area contributed by atoms with Crippen LogP contribution in [0.5, 0.6) is 0 Å². The van der Waals surface area contributed by atoms with Crippen LogP contribution in [0.2, 0.25) is 0 Å². The zero-order chi connectivity index (χ0) is 13.8. The summed E-state index contributed by atoms with van der Waals surface area (Å²) in [6.07, 6.45) is 0.771. The Labute approximate surface area is 108 Å². The van der Waals surface area contributed by atoms with Crippen molar-refractivity contribution in [3.63, 3.8) is 0 Å². The van der Waals surface area contributed by atoms with Crippen molar-refractivity contribution in [2.45, 2.75) is 44.7 Å². The average molecular weight is 257 g/mol. The Morgan fingerprint density at radius 2 is 2.06 bits per heavy atom. The molecule has 1 heterocycles. The van der Waals surface area contributed by atoms with E-state index in [1.54, 1.807) is 0 Å². The maximum absolute atomic E-state index is 11.8. The number of hydrogen-bond donors (Lipinski definition) is 3. The van der Waals surface area contributed by atoms with E-state index in [0.29, 0.717) is 19.6 Å². The van der Waals surface area contributed by atoms with Crippen LogP contribution in [0.3, 0.4) is 0 Å². The lowest BCUT2D eigenvalue weighted by Gasteiger charge is -2.22. The van der Waals surface area contributed by atoms with Gasteiger partial charge in [0.1, 0.15) is 5.54 Å². The van der Waals surface area contributed by atoms with Crippen LogP contribution in [0.1, 0.15) is 33.6 Å². The van der Waals surface area contributed by atoms with E-state index < -0.39 is 5.54 Å². The minimum absolute atomic E-state index is 0.0865. The third-order valence-corrected chi connectivity index (χ3v) is 2.66. The summed E-state index contributed by atoms with van der Waals surface area (Å²) in [6.45, 7) is 6.78. The molecule has 0 saturated carbocycles. The summed E-state index contributed by atoms with van der Waals surface area (Å²) in [5.41, 5.74) is 4.70. The van der Waals surface area contributed by atoms with Crippen LogP contribution in [0.4, 0.5) is 0 Å². The normalized spacial score (nSPS) is 23.8. The van der Waals surface area contributed by atoms with Gasteiger partial charge in [-0.3, -0.25) is 9.59 Å². The molecule has 1 fully saturated rings. The van der Waals surface area contributed by atoms with Gasteiger partial charge >= 0.3 is 0 Å². The molecule has 0 radical (unpaired) electrons. The van der Waals surface area contributed by atoms with Gasteiger partial charge in [0.2, 0.25) is 11.8 Å². The first kappa shape index (κ1) is 14.9. The van der Waals surface area contributed by atoms with E-state index in [1.165, 1.54) is 0 Å². The summed E-state index contributed by atoms with van der Waals surface area (Å²) >= 11 is 0. The van der Waals surface area contributed by atoms with Gasteiger partial charge in [-0.1, -0.05) is 0 Å². The predicted octanol–water partition coefficient (Wildman–Crippen LogP) is -0.475. The van der Waals surface area contributed by atoms with Crippen LogP contribution in [0.15, 0.2) is 0 Å². The molecule has 18 heavy (non-hydrogen) atoms. The molecule has 0 spiro atoms. The molecular weight excluding hydrogens is 234 g/mol. The van der Waals surface area contributed by atoms with E-state index in [0.717, 1.165) is 0 Å². The molecule has 0 aromatic carbocycles. The van der Waals surface area contributed by atoms with Crippen molar-refractivity contribution in [2.75, 3.05) is 19.8 Å². The molecule has 0 bridgehead atoms. The highest BCUT2D eigenvalue weighted by Gasteiger charge is 2.37. The molecule has 1 saturated heterocycles. The molecule has 1 aliphatic rings. The third kappa shape index (κ3) is 4.62. The lowest BCUT2D eigenvalue weighted by atomic mass is 9.99. The van der Waals surface area contributed by atoms with Gasteiger partial charge in [-0.15, -0.1) is 0 Å². The number of ether oxygens (including phenoxy) is 1. The number of hydrogen-bond acceptors (Lipinski definition) is 4. The van der Waals surface area contributed by atoms with Crippen molar-refractivity contribution in [2.24, 2.45) is 5.73 Å². The maximum Gasteiger partial charge on any atom is 0.242 e. The second-order valence-corrected chi connectivity index (χ2v) is 5.76. The number of nitrogens with two attached hydrogens (primary N) is 1. The van der Waals surface area contributed by atoms with Crippen LogP contribution in [0.25, 0.3) is 0 Å². The third-order valence-electron chi connectivity index (χ3n) is 2.66. The summed E-state index contributed by atoms with van der Waals surface area (Å²) in [6, 6.07) is 0. The van der Waals surface area contributed by atoms with E-state index in [2.05, 4.69) is 10.6 Å². The zero-order valence-electron chi connectivity index (χ0n) is 11.3. The molecule has 1 rings (SSSR count). The van der Waals surface area contributed by atoms with Crippen molar-refractivity contribution in [1.82, 2.24) is 10.6 Å². The average Bonchev–Trinajstić information content (AvgIpc) is 2.63. The molecule has 6 nitrogen and oxygen atoms in total. The number of carbonyl (C=O) groups is 2. The van der Waals surface area contributed by atoms with E-state index in [9.17, 15) is 9.59 Å². The van der Waals surface area contributed by atoms with Crippen LogP contribution < -0.4 is 16.4 Å². The van der Waals surface area contributed by atoms with Gasteiger partial charge in [-0.2, -0.15) is 0 Å². The molecule has 0 aromatic heterocycles. The minimum atomic E-state index is -0.930. The summed E-state index contributed by atoms with van der Waals surface area (Å²) in [4.78, 5) is 23.3. The molecule has 2 amide bonds. The molecule has 104 valence electrons. The maximum atomic E-state index is 11.8. The lowest BCUT2D eigenvalue weighted by Crippen LogP contribution is -2.55. The summed E-state index contributed by atoms with van der Waals surface area (Å²) in [5, 5.41) is 5.50. The molecule has 6 heteroatoms. The number of nitrogens with one attached hydrogen (secondary N) is 2. The van der Waals surface area contributed by atoms with Crippen LogP contribution in [-0.4, -0.2) is 42.7 Å². The van der Waals surface area contributed by atoms with Gasteiger partial charge < -0.3 is 21.1 Å². The molecule has 1 atom stereocenters. The van der Waals surface area contributed by atoms with Crippen LogP contribution >= 0.6 is 0 Å². The Balaban J connectivity index is 2.25. The Morgan fingerprint density at radius 3 is 2.56 bits per heavy atom.